The molecule has 1 unspecified atom stereocenters. The molecule has 0 saturated heterocycles. The van der Waals surface area contributed by atoms with Gasteiger partial charge in [-0.1, -0.05) is 4.57 Å². The topological polar surface area (TPSA) is 66.2 Å². The van der Waals surface area contributed by atoms with Crippen molar-refractivity contribution in [1.82, 2.24) is 0 Å². The molecule has 5 heteroatoms. The fourth-order valence-corrected chi connectivity index (χ4v) is 0. The Morgan fingerprint density at radius 2 is 1.80 bits per heavy atom. The van der Waals surface area contributed by atoms with E-state index in [9.17, 15) is 0 Å². The Kier molecular flexibility index (Phi) is 11.1. The predicted molar refractivity (Wildman–Crippen MR) is 11.8 cm³/mol. The van der Waals surface area contributed by atoms with Crippen LogP contribution < -0.4 is 61.8 Å². The van der Waals surface area contributed by atoms with Gasteiger partial charge in [0.2, 0.25) is 0 Å². The Morgan fingerprint density at radius 1 is 1.80 bits per heavy atom. The van der Waals surface area contributed by atoms with Crippen molar-refractivity contribution in [3.63, 3.8) is 0 Å². The maximum Gasteiger partial charge on any atom is 1.00 e. The second-order valence-electron chi connectivity index (χ2n) is 0.285. The molecular weight excluding hydrogens is 116 g/mol. The largest absolute Gasteiger partial charge is 1.00 e. The summed E-state index contributed by atoms with van der Waals surface area (Å²) in [7, 11) is -2.62. The van der Waals surface area contributed by atoms with E-state index in [0.717, 1.165) is 0 Å². The van der Waals surface area contributed by atoms with Crippen molar-refractivity contribution in [2.75, 3.05) is 0 Å². The van der Waals surface area contributed by atoms with Gasteiger partial charge < -0.3 is 4.89 Å². The minimum atomic E-state index is -2.62. The van der Waals surface area contributed by atoms with Crippen molar-refractivity contribution in [2.24, 2.45) is 5.50 Å². The molecule has 0 heterocycles. The van der Waals surface area contributed by atoms with E-state index >= 15 is 0 Å². The van der Waals surface area contributed by atoms with Crippen LogP contribution in [0.25, 0.3) is 0 Å². The summed E-state index contributed by atoms with van der Waals surface area (Å²) in [6.07, 6.45) is 0. The van der Waals surface area contributed by atoms with Crippen molar-refractivity contribution < 1.29 is 60.8 Å². The summed E-state index contributed by atoms with van der Waals surface area (Å²) in [5.74, 6) is 0. The van der Waals surface area contributed by atoms with Crippen LogP contribution in [-0.4, -0.2) is 0 Å². The van der Waals surface area contributed by atoms with E-state index in [0.29, 0.717) is 0 Å². The van der Waals surface area contributed by atoms with E-state index in [1.165, 1.54) is 0 Å². The van der Waals surface area contributed by atoms with Gasteiger partial charge in [0.25, 0.3) is 0 Å². The molecular formula is H2KNO2P+. The number of nitrogens with two attached hydrogens (primary N) is 1. The summed E-state index contributed by atoms with van der Waals surface area (Å²) in [4.78, 5) is 8.81. The van der Waals surface area contributed by atoms with E-state index in [4.69, 9.17) is 9.46 Å². The molecule has 2 N–H and O–H groups in total. The average molecular weight is 118 g/mol. The molecule has 0 aliphatic rings. The Balaban J connectivity index is 0. The van der Waals surface area contributed by atoms with E-state index < -0.39 is 8.18 Å². The number of hydrogen-bond acceptors (Lipinski definition) is 2. The standard InChI is InChI=1S/K.H2NO2P/c;1-4(2)3/h;(H2,1,2,3)/q+1;. The summed E-state index contributed by atoms with van der Waals surface area (Å²) in [6.45, 7) is 0. The third kappa shape index (κ3) is 27.6. The van der Waals surface area contributed by atoms with E-state index in [2.05, 4.69) is 5.50 Å². The van der Waals surface area contributed by atoms with Crippen LogP contribution in [0.4, 0.5) is 0 Å². The van der Waals surface area contributed by atoms with Crippen LogP contribution in [0.15, 0.2) is 0 Å². The summed E-state index contributed by atoms with van der Waals surface area (Å²) < 4.78 is 8.81. The maximum atomic E-state index is 8.81. The maximum absolute atomic E-state index is 8.81. The van der Waals surface area contributed by atoms with Crippen molar-refractivity contribution in [2.45, 2.75) is 0 Å². The summed E-state index contributed by atoms with van der Waals surface area (Å²) in [6, 6.07) is 0. The van der Waals surface area contributed by atoms with Gasteiger partial charge in [-0.2, -0.15) is 0 Å². The smallest absolute Gasteiger partial charge is 0.578 e. The van der Waals surface area contributed by atoms with Crippen LogP contribution in [0.3, 0.4) is 0 Å². The molecule has 0 aromatic carbocycles. The Morgan fingerprint density at radius 3 is 1.80 bits per heavy atom. The molecule has 0 rings (SSSR count). The zero-order valence-electron chi connectivity index (χ0n) is 2.84. The van der Waals surface area contributed by atoms with Gasteiger partial charge in [-0.05, 0) is 0 Å². The molecule has 1 atom stereocenters. The van der Waals surface area contributed by atoms with Crippen LogP contribution in [0, 0.1) is 0 Å². The van der Waals surface area contributed by atoms with Gasteiger partial charge in [0.1, 0.15) is 0 Å². The first-order chi connectivity index (χ1) is 1.73. The van der Waals surface area contributed by atoms with Gasteiger partial charge in [0.15, 0.2) is 0 Å². The first-order valence-corrected chi connectivity index (χ1v) is 1.87. The molecule has 0 aliphatic carbocycles. The van der Waals surface area contributed by atoms with Crippen LogP contribution in [0.1, 0.15) is 0 Å². The van der Waals surface area contributed by atoms with Crippen molar-refractivity contribution >= 4 is 8.18 Å². The van der Waals surface area contributed by atoms with Gasteiger partial charge in [-0.15, -0.1) is 5.50 Å². The van der Waals surface area contributed by atoms with Crippen molar-refractivity contribution in [1.29, 1.82) is 0 Å². The monoisotopic (exact) mass is 118 g/mol. The summed E-state index contributed by atoms with van der Waals surface area (Å²) in [5.41, 5.74) is 4.06. The minimum absolute atomic E-state index is 0. The molecule has 0 aromatic rings. The molecule has 0 amide bonds. The van der Waals surface area contributed by atoms with Gasteiger partial charge in [0.05, 0.1) is 0 Å². The van der Waals surface area contributed by atoms with E-state index in [1.807, 2.05) is 0 Å². The van der Waals surface area contributed by atoms with Crippen LogP contribution in [0.2, 0.25) is 0 Å². The number of rotatable bonds is 0. The normalized spacial score (nSPS) is 8.80. The Bertz CT molecular complexity index is 32.6. The second kappa shape index (κ2) is 5.66. The third-order valence-corrected chi connectivity index (χ3v) is 0. The van der Waals surface area contributed by atoms with Gasteiger partial charge in [0, 0.05) is 0 Å². The molecule has 3 nitrogen and oxygen atoms in total. The minimum Gasteiger partial charge on any atom is -0.578 e. The van der Waals surface area contributed by atoms with Gasteiger partial charge in [-0.25, -0.2) is 0 Å². The fraction of sp³-hybridized carbons (Fsp3) is 0. The molecule has 5 heavy (non-hydrogen) atoms. The first kappa shape index (κ1) is 9.82. The van der Waals surface area contributed by atoms with E-state index in [1.54, 1.807) is 0 Å². The zero-order chi connectivity index (χ0) is 3.58. The fourth-order valence-electron chi connectivity index (χ4n) is 0. The molecule has 0 saturated carbocycles. The van der Waals surface area contributed by atoms with Crippen LogP contribution in [-0.2, 0) is 4.57 Å². The molecule has 0 bridgehead atoms. The Labute approximate surface area is 73.3 Å². The van der Waals surface area contributed by atoms with Crippen molar-refractivity contribution in [3.05, 3.63) is 0 Å². The predicted octanol–water partition coefficient (Wildman–Crippen LogP) is -4.03. The van der Waals surface area contributed by atoms with Gasteiger partial charge in [-0.3, -0.25) is 0 Å². The Hall–Kier alpha value is 1.66. The molecule has 24 valence electrons. The van der Waals surface area contributed by atoms with E-state index in [-0.39, 0.29) is 51.4 Å². The van der Waals surface area contributed by atoms with Crippen LogP contribution in [0.5, 0.6) is 0 Å². The first-order valence-electron chi connectivity index (χ1n) is 0.623. The zero-order valence-corrected chi connectivity index (χ0v) is 6.86. The number of hydrogen-bond donors (Lipinski definition) is 1. The SMILES string of the molecule is N[P+](=O)[O-].[K+]. The summed E-state index contributed by atoms with van der Waals surface area (Å²) in [5, 5.41) is 0. The van der Waals surface area contributed by atoms with Crippen molar-refractivity contribution in [3.8, 4) is 0 Å². The van der Waals surface area contributed by atoms with Crippen LogP contribution >= 0.6 is 8.18 Å². The molecule has 0 aromatic heterocycles. The molecule has 0 fully saturated rings. The molecule has 0 spiro atoms. The third-order valence-electron chi connectivity index (χ3n) is 0. The van der Waals surface area contributed by atoms with Gasteiger partial charge >= 0.3 is 59.6 Å². The second-order valence-corrected chi connectivity index (χ2v) is 0.856. The molecule has 0 aliphatic heterocycles. The average Bonchev–Trinajstić information content (AvgIpc) is 0.811. The summed E-state index contributed by atoms with van der Waals surface area (Å²) >= 11 is 0. The quantitative estimate of drug-likeness (QED) is 0.260. The molecule has 0 radical (unpaired) electrons.